The van der Waals surface area contributed by atoms with Crippen LogP contribution in [0.2, 0.25) is 0 Å². The van der Waals surface area contributed by atoms with E-state index in [0.29, 0.717) is 16.9 Å². The number of hydrogen-bond acceptors (Lipinski definition) is 7. The average molecular weight is 512 g/mol. The van der Waals surface area contributed by atoms with E-state index in [1.54, 1.807) is 25.1 Å². The lowest BCUT2D eigenvalue weighted by Gasteiger charge is -2.15. The van der Waals surface area contributed by atoms with Crippen LogP contribution in [0.1, 0.15) is 37.0 Å². The van der Waals surface area contributed by atoms with Gasteiger partial charge >= 0.3 is 12.1 Å². The van der Waals surface area contributed by atoms with E-state index >= 15 is 0 Å². The molecule has 0 aliphatic heterocycles. The standard InChI is InChI=1S/C28H22FN5O4/c1-17(18-5-3-2-4-6-18)37-28(36)33-26-21(14-30)15-32-34(26)22-10-11-24(31-16-22)20-9-12-25(23(29)13-20)38-27(35)19-7-8-19/h2-6,9-13,15-17,19H,7-8H2,1H3,(H,33,36). The van der Waals surface area contributed by atoms with Gasteiger partial charge in [0.25, 0.3) is 0 Å². The van der Waals surface area contributed by atoms with Gasteiger partial charge in [-0.05, 0) is 55.7 Å². The number of hydrogen-bond donors (Lipinski definition) is 1. The molecule has 0 spiro atoms. The molecule has 1 unspecified atom stereocenters. The molecule has 0 saturated heterocycles. The van der Waals surface area contributed by atoms with Crippen molar-refractivity contribution in [3.8, 4) is 28.8 Å². The van der Waals surface area contributed by atoms with Crippen molar-refractivity contribution >= 4 is 17.9 Å². The second-order valence-corrected chi connectivity index (χ2v) is 8.76. The summed E-state index contributed by atoms with van der Waals surface area (Å²) in [5, 5.41) is 16.3. The SMILES string of the molecule is CC(OC(=O)Nc1c(C#N)cnn1-c1ccc(-c2ccc(OC(=O)C3CC3)c(F)c2)nc1)c1ccccc1. The van der Waals surface area contributed by atoms with Crippen LogP contribution >= 0.6 is 0 Å². The van der Waals surface area contributed by atoms with Crippen LogP contribution in [-0.2, 0) is 9.53 Å². The fourth-order valence-electron chi connectivity index (χ4n) is 3.76. The number of nitrogens with one attached hydrogen (secondary N) is 1. The number of rotatable bonds is 7. The number of benzene rings is 2. The summed E-state index contributed by atoms with van der Waals surface area (Å²) >= 11 is 0. The van der Waals surface area contributed by atoms with Crippen molar-refractivity contribution in [1.29, 1.82) is 5.26 Å². The topological polar surface area (TPSA) is 119 Å². The van der Waals surface area contributed by atoms with Gasteiger partial charge in [0.1, 0.15) is 17.7 Å². The number of esters is 1. The van der Waals surface area contributed by atoms with Gasteiger partial charge in [0.2, 0.25) is 0 Å². The monoisotopic (exact) mass is 511 g/mol. The average Bonchev–Trinajstić information content (AvgIpc) is 3.71. The summed E-state index contributed by atoms with van der Waals surface area (Å²) < 4.78 is 26.5. The van der Waals surface area contributed by atoms with Gasteiger partial charge in [0.05, 0.1) is 29.7 Å². The van der Waals surface area contributed by atoms with Crippen LogP contribution in [0.25, 0.3) is 16.9 Å². The number of carbonyl (C=O) groups is 2. The molecule has 10 heteroatoms. The van der Waals surface area contributed by atoms with Crippen LogP contribution < -0.4 is 10.1 Å². The zero-order chi connectivity index (χ0) is 26.6. The number of pyridine rings is 1. The van der Waals surface area contributed by atoms with Crippen molar-refractivity contribution < 1.29 is 23.5 Å². The summed E-state index contributed by atoms with van der Waals surface area (Å²) in [6, 6.07) is 18.8. The highest BCUT2D eigenvalue weighted by atomic mass is 19.1. The number of halogens is 1. The van der Waals surface area contributed by atoms with E-state index in [1.807, 2.05) is 36.4 Å². The summed E-state index contributed by atoms with van der Waals surface area (Å²) in [7, 11) is 0. The fourth-order valence-corrected chi connectivity index (χ4v) is 3.76. The third-order valence-electron chi connectivity index (χ3n) is 6.00. The predicted molar refractivity (Wildman–Crippen MR) is 135 cm³/mol. The van der Waals surface area contributed by atoms with Crippen LogP contribution in [0.15, 0.2) is 73.1 Å². The van der Waals surface area contributed by atoms with Crippen molar-refractivity contribution in [2.45, 2.75) is 25.9 Å². The molecule has 5 rings (SSSR count). The lowest BCUT2D eigenvalue weighted by atomic mass is 10.1. The van der Waals surface area contributed by atoms with Gasteiger partial charge in [-0.2, -0.15) is 10.4 Å². The first-order valence-corrected chi connectivity index (χ1v) is 11.9. The molecule has 38 heavy (non-hydrogen) atoms. The first-order chi connectivity index (χ1) is 18.4. The van der Waals surface area contributed by atoms with E-state index in [0.717, 1.165) is 18.4 Å². The molecule has 0 bridgehead atoms. The minimum atomic E-state index is -0.748. The Balaban J connectivity index is 1.32. The smallest absolute Gasteiger partial charge is 0.413 e. The lowest BCUT2D eigenvalue weighted by Crippen LogP contribution is -2.19. The molecule has 1 atom stereocenters. The van der Waals surface area contributed by atoms with Crippen molar-refractivity contribution in [2.75, 3.05) is 5.32 Å². The number of nitrogens with zero attached hydrogens (tertiary/aromatic N) is 4. The van der Waals surface area contributed by atoms with Gasteiger partial charge in [-0.3, -0.25) is 15.1 Å². The van der Waals surface area contributed by atoms with Crippen LogP contribution in [0, 0.1) is 23.1 Å². The summed E-state index contributed by atoms with van der Waals surface area (Å²) in [6.07, 6.45) is 3.08. The zero-order valence-corrected chi connectivity index (χ0v) is 20.3. The Hall–Kier alpha value is -5.04. The van der Waals surface area contributed by atoms with Crippen LogP contribution in [0.3, 0.4) is 0 Å². The Morgan fingerprint density at radius 3 is 2.58 bits per heavy atom. The summed E-state index contributed by atoms with van der Waals surface area (Å²) in [5.41, 5.74) is 2.36. The first kappa shape index (κ1) is 24.6. The molecule has 1 N–H and O–H groups in total. The highest BCUT2D eigenvalue weighted by Gasteiger charge is 2.32. The predicted octanol–water partition coefficient (Wildman–Crippen LogP) is 5.57. The van der Waals surface area contributed by atoms with Gasteiger partial charge in [-0.1, -0.05) is 30.3 Å². The minimum Gasteiger partial charge on any atom is -0.441 e. The molecule has 2 heterocycles. The van der Waals surface area contributed by atoms with E-state index in [2.05, 4.69) is 15.4 Å². The fraction of sp³-hybridized carbons (Fsp3) is 0.179. The minimum absolute atomic E-state index is 0.118. The molecule has 2 aromatic carbocycles. The van der Waals surface area contributed by atoms with Crippen molar-refractivity contribution in [3.63, 3.8) is 0 Å². The third-order valence-corrected chi connectivity index (χ3v) is 6.00. The second-order valence-electron chi connectivity index (χ2n) is 8.76. The van der Waals surface area contributed by atoms with Crippen molar-refractivity contribution in [3.05, 3.63) is 90.0 Å². The molecule has 1 amide bonds. The van der Waals surface area contributed by atoms with Crippen LogP contribution in [0.5, 0.6) is 5.75 Å². The Kier molecular flexibility index (Phi) is 6.82. The lowest BCUT2D eigenvalue weighted by molar-refractivity contribution is -0.136. The maximum Gasteiger partial charge on any atom is 0.413 e. The molecule has 1 saturated carbocycles. The highest BCUT2D eigenvalue weighted by Crippen LogP contribution is 2.32. The van der Waals surface area contributed by atoms with Gasteiger partial charge in [-0.15, -0.1) is 0 Å². The molecule has 1 fully saturated rings. The molecule has 190 valence electrons. The molecule has 4 aromatic rings. The Morgan fingerprint density at radius 2 is 1.92 bits per heavy atom. The van der Waals surface area contributed by atoms with E-state index in [4.69, 9.17) is 9.47 Å². The summed E-state index contributed by atoms with van der Waals surface area (Å²) in [6.45, 7) is 1.74. The maximum absolute atomic E-state index is 14.5. The van der Waals surface area contributed by atoms with E-state index in [9.17, 15) is 19.2 Å². The van der Waals surface area contributed by atoms with Crippen molar-refractivity contribution in [2.24, 2.45) is 5.92 Å². The Labute approximate surface area is 217 Å². The molecular weight excluding hydrogens is 489 g/mol. The molecular formula is C28H22FN5O4. The number of aromatic nitrogens is 3. The van der Waals surface area contributed by atoms with Crippen LogP contribution in [-0.4, -0.2) is 26.8 Å². The zero-order valence-electron chi connectivity index (χ0n) is 20.3. The third kappa shape index (κ3) is 5.37. The largest absolute Gasteiger partial charge is 0.441 e. The maximum atomic E-state index is 14.5. The van der Waals surface area contributed by atoms with Gasteiger partial charge < -0.3 is 9.47 Å². The Bertz CT molecular complexity index is 1530. The Morgan fingerprint density at radius 1 is 1.13 bits per heavy atom. The van der Waals surface area contributed by atoms with Gasteiger partial charge in [0, 0.05) is 5.56 Å². The molecule has 1 aliphatic rings. The van der Waals surface area contributed by atoms with E-state index in [-0.39, 0.29) is 23.0 Å². The van der Waals surface area contributed by atoms with Crippen LogP contribution in [0.4, 0.5) is 15.0 Å². The van der Waals surface area contributed by atoms with Gasteiger partial charge in [-0.25, -0.2) is 13.9 Å². The number of ether oxygens (including phenoxy) is 2. The molecule has 1 aliphatic carbocycles. The van der Waals surface area contributed by atoms with E-state index < -0.39 is 24.0 Å². The van der Waals surface area contributed by atoms with Crippen molar-refractivity contribution in [1.82, 2.24) is 14.8 Å². The number of nitriles is 1. The van der Waals surface area contributed by atoms with E-state index in [1.165, 1.54) is 29.2 Å². The van der Waals surface area contributed by atoms with Gasteiger partial charge in [0.15, 0.2) is 17.4 Å². The molecule has 0 radical (unpaired) electrons. The number of carbonyl (C=O) groups excluding carboxylic acids is 2. The highest BCUT2D eigenvalue weighted by molar-refractivity contribution is 5.86. The first-order valence-electron chi connectivity index (χ1n) is 11.9. The normalized spacial score (nSPS) is 13.3. The number of amides is 1. The summed E-state index contributed by atoms with van der Waals surface area (Å²) in [5.74, 6) is -1.21. The molecule has 2 aromatic heterocycles. The molecule has 9 nitrogen and oxygen atoms in total. The quantitative estimate of drug-likeness (QED) is 0.254. The number of anilines is 1. The second kappa shape index (κ2) is 10.5. The summed E-state index contributed by atoms with van der Waals surface area (Å²) in [4.78, 5) is 28.8.